The quantitative estimate of drug-likeness (QED) is 0.886. The maximum atomic E-state index is 5.37. The molecule has 0 spiro atoms. The van der Waals surface area contributed by atoms with Crippen LogP contribution >= 0.6 is 0 Å². The summed E-state index contributed by atoms with van der Waals surface area (Å²) in [6.07, 6.45) is 1.89. The van der Waals surface area contributed by atoms with Crippen molar-refractivity contribution < 1.29 is 14.2 Å². The average molecular weight is 291 g/mol. The van der Waals surface area contributed by atoms with Crippen molar-refractivity contribution in [1.82, 2.24) is 9.78 Å². The molecular formula is C15H21N3O3. The van der Waals surface area contributed by atoms with Gasteiger partial charge in [-0.2, -0.15) is 5.10 Å². The summed E-state index contributed by atoms with van der Waals surface area (Å²) in [5.41, 5.74) is 1.02. The minimum Gasteiger partial charge on any atom is -0.493 e. The Morgan fingerprint density at radius 1 is 1.10 bits per heavy atom. The summed E-state index contributed by atoms with van der Waals surface area (Å²) in [5, 5.41) is 7.65. The third kappa shape index (κ3) is 3.21. The van der Waals surface area contributed by atoms with Crippen molar-refractivity contribution in [2.45, 2.75) is 13.0 Å². The van der Waals surface area contributed by atoms with Crippen LogP contribution in [0.4, 0.5) is 5.82 Å². The van der Waals surface area contributed by atoms with Gasteiger partial charge in [0.1, 0.15) is 5.82 Å². The molecule has 0 fully saturated rings. The van der Waals surface area contributed by atoms with Gasteiger partial charge in [0.15, 0.2) is 11.5 Å². The number of methoxy groups -OCH3 is 3. The molecule has 0 aliphatic carbocycles. The van der Waals surface area contributed by atoms with Gasteiger partial charge in [-0.05, 0) is 24.6 Å². The zero-order valence-corrected chi connectivity index (χ0v) is 13.0. The molecule has 1 aromatic carbocycles. The van der Waals surface area contributed by atoms with E-state index in [0.29, 0.717) is 17.2 Å². The largest absolute Gasteiger partial charge is 0.493 e. The third-order valence-electron chi connectivity index (χ3n) is 3.27. The average Bonchev–Trinajstić information content (AvgIpc) is 2.90. The van der Waals surface area contributed by atoms with Gasteiger partial charge in [0.2, 0.25) is 5.75 Å². The highest BCUT2D eigenvalue weighted by atomic mass is 16.5. The molecule has 1 unspecified atom stereocenters. The Kier molecular flexibility index (Phi) is 4.57. The molecule has 0 aliphatic rings. The fraction of sp³-hybridized carbons (Fsp3) is 0.400. The van der Waals surface area contributed by atoms with Gasteiger partial charge in [-0.3, -0.25) is 4.68 Å². The predicted octanol–water partition coefficient (Wildman–Crippen LogP) is 2.62. The topological polar surface area (TPSA) is 57.5 Å². The molecule has 1 N–H and O–H groups in total. The lowest BCUT2D eigenvalue weighted by atomic mass is 10.1. The second-order valence-electron chi connectivity index (χ2n) is 4.70. The van der Waals surface area contributed by atoms with E-state index >= 15 is 0 Å². The molecule has 2 aromatic rings. The van der Waals surface area contributed by atoms with Crippen molar-refractivity contribution >= 4 is 5.82 Å². The molecule has 21 heavy (non-hydrogen) atoms. The molecule has 1 atom stereocenters. The van der Waals surface area contributed by atoms with Gasteiger partial charge in [0, 0.05) is 19.3 Å². The number of rotatable bonds is 6. The molecule has 0 radical (unpaired) electrons. The van der Waals surface area contributed by atoms with Crippen LogP contribution in [0, 0.1) is 0 Å². The smallest absolute Gasteiger partial charge is 0.203 e. The molecule has 1 heterocycles. The van der Waals surface area contributed by atoms with Crippen molar-refractivity contribution in [1.29, 1.82) is 0 Å². The molecule has 0 bridgehead atoms. The highest BCUT2D eigenvalue weighted by Gasteiger charge is 2.16. The molecule has 0 saturated heterocycles. The van der Waals surface area contributed by atoms with Gasteiger partial charge >= 0.3 is 0 Å². The lowest BCUT2D eigenvalue weighted by Crippen LogP contribution is -2.08. The SMILES string of the molecule is COc1cc(C(C)Nc2ccn(C)n2)cc(OC)c1OC. The van der Waals surface area contributed by atoms with Gasteiger partial charge in [0.25, 0.3) is 0 Å². The van der Waals surface area contributed by atoms with Gasteiger partial charge < -0.3 is 19.5 Å². The highest BCUT2D eigenvalue weighted by Crippen LogP contribution is 2.40. The summed E-state index contributed by atoms with van der Waals surface area (Å²) >= 11 is 0. The van der Waals surface area contributed by atoms with Crippen LogP contribution in [-0.4, -0.2) is 31.1 Å². The molecule has 0 amide bonds. The number of hydrogen-bond acceptors (Lipinski definition) is 5. The number of aryl methyl sites for hydroxylation is 1. The molecule has 0 aliphatic heterocycles. The summed E-state index contributed by atoms with van der Waals surface area (Å²) in [5.74, 6) is 2.69. The lowest BCUT2D eigenvalue weighted by molar-refractivity contribution is 0.323. The summed E-state index contributed by atoms with van der Waals surface area (Å²) in [6, 6.07) is 5.84. The maximum Gasteiger partial charge on any atom is 0.203 e. The Morgan fingerprint density at radius 3 is 2.14 bits per heavy atom. The van der Waals surface area contributed by atoms with Crippen LogP contribution < -0.4 is 19.5 Å². The fourth-order valence-electron chi connectivity index (χ4n) is 2.15. The first-order valence-corrected chi connectivity index (χ1v) is 6.65. The molecule has 0 saturated carbocycles. The first-order chi connectivity index (χ1) is 10.1. The van der Waals surface area contributed by atoms with Crippen molar-refractivity contribution in [3.8, 4) is 17.2 Å². The molecule has 114 valence electrons. The van der Waals surface area contributed by atoms with Gasteiger partial charge in [-0.1, -0.05) is 0 Å². The lowest BCUT2D eigenvalue weighted by Gasteiger charge is -2.18. The van der Waals surface area contributed by atoms with Crippen molar-refractivity contribution in [3.05, 3.63) is 30.0 Å². The van der Waals surface area contributed by atoms with Crippen LogP contribution in [0.15, 0.2) is 24.4 Å². The Morgan fingerprint density at radius 2 is 1.71 bits per heavy atom. The minimum absolute atomic E-state index is 0.0496. The zero-order valence-electron chi connectivity index (χ0n) is 13.0. The van der Waals surface area contributed by atoms with E-state index in [4.69, 9.17) is 14.2 Å². The van der Waals surface area contributed by atoms with Crippen LogP contribution in [0.3, 0.4) is 0 Å². The van der Waals surface area contributed by atoms with Crippen LogP contribution in [0.2, 0.25) is 0 Å². The van der Waals surface area contributed by atoms with E-state index in [1.54, 1.807) is 26.0 Å². The van der Waals surface area contributed by atoms with Crippen LogP contribution in [0.1, 0.15) is 18.5 Å². The second kappa shape index (κ2) is 6.39. The first-order valence-electron chi connectivity index (χ1n) is 6.65. The summed E-state index contributed by atoms with van der Waals surface area (Å²) in [6.45, 7) is 2.05. The second-order valence-corrected chi connectivity index (χ2v) is 4.70. The standard InChI is InChI=1S/C15H21N3O3/c1-10(16-14-6-7-18(2)17-14)11-8-12(19-3)15(21-5)13(9-11)20-4/h6-10H,1-5H3,(H,16,17). The van der Waals surface area contributed by atoms with E-state index in [1.807, 2.05) is 31.4 Å². The van der Waals surface area contributed by atoms with Crippen LogP contribution in [-0.2, 0) is 7.05 Å². The molecule has 6 nitrogen and oxygen atoms in total. The first kappa shape index (κ1) is 15.0. The number of anilines is 1. The number of aromatic nitrogens is 2. The van der Waals surface area contributed by atoms with E-state index in [-0.39, 0.29) is 6.04 Å². The van der Waals surface area contributed by atoms with Crippen molar-refractivity contribution in [2.24, 2.45) is 7.05 Å². The van der Waals surface area contributed by atoms with E-state index < -0.39 is 0 Å². The number of nitrogens with zero attached hydrogens (tertiary/aromatic N) is 2. The van der Waals surface area contributed by atoms with E-state index in [1.165, 1.54) is 0 Å². The normalized spacial score (nSPS) is 11.9. The number of benzene rings is 1. The zero-order chi connectivity index (χ0) is 15.4. The Balaban J connectivity index is 2.30. The fourth-order valence-corrected chi connectivity index (χ4v) is 2.15. The van der Waals surface area contributed by atoms with Crippen molar-refractivity contribution in [2.75, 3.05) is 26.6 Å². The van der Waals surface area contributed by atoms with E-state index in [0.717, 1.165) is 11.4 Å². The molecule has 6 heteroatoms. The summed E-state index contributed by atoms with van der Waals surface area (Å²) in [4.78, 5) is 0. The van der Waals surface area contributed by atoms with Gasteiger partial charge in [0.05, 0.1) is 27.4 Å². The molecule has 2 rings (SSSR count). The molecular weight excluding hydrogens is 270 g/mol. The van der Waals surface area contributed by atoms with Gasteiger partial charge in [-0.15, -0.1) is 0 Å². The summed E-state index contributed by atoms with van der Waals surface area (Å²) in [7, 11) is 6.70. The van der Waals surface area contributed by atoms with Crippen LogP contribution in [0.5, 0.6) is 17.2 Å². The predicted molar refractivity (Wildman–Crippen MR) is 81.3 cm³/mol. The Bertz CT molecular complexity index is 585. The van der Waals surface area contributed by atoms with Crippen LogP contribution in [0.25, 0.3) is 0 Å². The summed E-state index contributed by atoms with van der Waals surface area (Å²) < 4.78 is 17.8. The monoisotopic (exact) mass is 291 g/mol. The minimum atomic E-state index is 0.0496. The van der Waals surface area contributed by atoms with Gasteiger partial charge in [-0.25, -0.2) is 0 Å². The Labute approximate surface area is 124 Å². The number of nitrogens with one attached hydrogen (secondary N) is 1. The third-order valence-corrected chi connectivity index (χ3v) is 3.27. The van der Waals surface area contributed by atoms with Crippen molar-refractivity contribution in [3.63, 3.8) is 0 Å². The number of ether oxygens (including phenoxy) is 3. The maximum absolute atomic E-state index is 5.37. The number of hydrogen-bond donors (Lipinski definition) is 1. The highest BCUT2D eigenvalue weighted by molar-refractivity contribution is 5.55. The van der Waals surface area contributed by atoms with E-state index in [9.17, 15) is 0 Å². The Hall–Kier alpha value is -2.37. The van der Waals surface area contributed by atoms with E-state index in [2.05, 4.69) is 17.3 Å². The molecule has 1 aromatic heterocycles.